The molecule has 1 aromatic heterocycles. The van der Waals surface area contributed by atoms with Gasteiger partial charge in [0.25, 0.3) is 0 Å². The minimum Gasteiger partial charge on any atom is -0.370 e. The second kappa shape index (κ2) is 9.66. The lowest BCUT2D eigenvalue weighted by Crippen LogP contribution is -2.24. The monoisotopic (exact) mass is 441 g/mol. The molecule has 24 heavy (non-hydrogen) atoms. The molecule has 0 aliphatic heterocycles. The van der Waals surface area contributed by atoms with Gasteiger partial charge in [-0.25, -0.2) is 4.99 Å². The van der Waals surface area contributed by atoms with Crippen LogP contribution in [-0.2, 0) is 32.9 Å². The number of nitrogens with one attached hydrogen (secondary N) is 1. The van der Waals surface area contributed by atoms with Gasteiger partial charge in [0.1, 0.15) is 0 Å². The first-order valence-electron chi connectivity index (χ1n) is 8.28. The number of aromatic nitrogens is 2. The zero-order valence-electron chi connectivity index (χ0n) is 15.0. The van der Waals surface area contributed by atoms with Crippen molar-refractivity contribution >= 4 is 35.6 Å². The molecule has 1 aromatic carbocycles. The zero-order valence-corrected chi connectivity index (χ0v) is 17.3. The quantitative estimate of drug-likeness (QED) is 0.409. The molecule has 0 amide bonds. The smallest absolute Gasteiger partial charge is 0.193 e. The summed E-state index contributed by atoms with van der Waals surface area (Å²) < 4.78 is 1.83. The average Bonchev–Trinajstić information content (AvgIpc) is 2.93. The number of aryl methyl sites for hydroxylation is 4. The van der Waals surface area contributed by atoms with E-state index in [0.717, 1.165) is 36.2 Å². The predicted octanol–water partition coefficient (Wildman–Crippen LogP) is 3.65. The maximum atomic E-state index is 6.11. The van der Waals surface area contributed by atoms with Crippen LogP contribution < -0.4 is 11.1 Å². The number of rotatable bonds is 6. The Morgan fingerprint density at radius 2 is 1.75 bits per heavy atom. The molecule has 0 radical (unpaired) electrons. The summed E-state index contributed by atoms with van der Waals surface area (Å²) in [6.45, 7) is 6.95. The molecule has 0 saturated carbocycles. The van der Waals surface area contributed by atoms with Gasteiger partial charge in [-0.2, -0.15) is 5.10 Å². The van der Waals surface area contributed by atoms with Crippen molar-refractivity contribution in [3.63, 3.8) is 0 Å². The van der Waals surface area contributed by atoms with Gasteiger partial charge in [-0.05, 0) is 30.4 Å². The van der Waals surface area contributed by atoms with Gasteiger partial charge in [-0.1, -0.05) is 39.0 Å². The lowest BCUT2D eigenvalue weighted by atomic mass is 10.0. The van der Waals surface area contributed by atoms with Gasteiger partial charge in [-0.15, -0.1) is 24.0 Å². The molecule has 0 aliphatic rings. The summed E-state index contributed by atoms with van der Waals surface area (Å²) in [7, 11) is 1.93. The number of hydrogen-bond acceptors (Lipinski definition) is 2. The number of benzene rings is 1. The molecule has 132 valence electrons. The number of hydrogen-bond donors (Lipinski definition) is 2. The van der Waals surface area contributed by atoms with Crippen molar-refractivity contribution in [1.82, 2.24) is 9.78 Å². The van der Waals surface area contributed by atoms with E-state index in [4.69, 9.17) is 5.73 Å². The Kier molecular flexibility index (Phi) is 8.24. The number of aliphatic imine (C=N–C) groups is 1. The molecule has 3 N–H and O–H groups in total. The number of nitrogens with zero attached hydrogens (tertiary/aromatic N) is 3. The fraction of sp³-hybridized carbons (Fsp3) is 0.444. The van der Waals surface area contributed by atoms with Crippen LogP contribution in [0.5, 0.6) is 0 Å². The standard InChI is InChI=1S/C18H27N5.HI/c1-5-13-9-8-10-14(6-2)17(13)21-18(19)20-11-15-12-23(4)22-16(15)7-3;/h8-10,12H,5-7,11H2,1-4H3,(H3,19,20,21);1H. The van der Waals surface area contributed by atoms with Crippen molar-refractivity contribution < 1.29 is 0 Å². The molecule has 0 spiro atoms. The molecule has 6 heteroatoms. The van der Waals surface area contributed by atoms with E-state index in [1.807, 2.05) is 17.9 Å². The van der Waals surface area contributed by atoms with E-state index in [-0.39, 0.29) is 24.0 Å². The second-order valence-electron chi connectivity index (χ2n) is 5.61. The molecular formula is C18H28IN5. The summed E-state index contributed by atoms with van der Waals surface area (Å²) in [5.41, 5.74) is 11.9. The molecule has 0 unspecified atom stereocenters. The molecule has 2 aromatic rings. The van der Waals surface area contributed by atoms with Gasteiger partial charge in [-0.3, -0.25) is 4.68 Å². The van der Waals surface area contributed by atoms with Gasteiger partial charge in [0, 0.05) is 24.5 Å². The summed E-state index contributed by atoms with van der Waals surface area (Å²) in [5, 5.41) is 7.73. The summed E-state index contributed by atoms with van der Waals surface area (Å²) in [6, 6.07) is 6.36. The average molecular weight is 441 g/mol. The molecule has 0 aliphatic carbocycles. The van der Waals surface area contributed by atoms with Crippen molar-refractivity contribution in [3.8, 4) is 0 Å². The number of nitrogens with two attached hydrogens (primary N) is 1. The first-order chi connectivity index (χ1) is 11.1. The maximum Gasteiger partial charge on any atom is 0.193 e. The lowest BCUT2D eigenvalue weighted by Gasteiger charge is -2.14. The Hall–Kier alpha value is -1.57. The third-order valence-corrected chi connectivity index (χ3v) is 4.00. The summed E-state index contributed by atoms with van der Waals surface area (Å²) in [5.74, 6) is 0.450. The third-order valence-electron chi connectivity index (χ3n) is 4.00. The van der Waals surface area contributed by atoms with Crippen LogP contribution in [-0.4, -0.2) is 15.7 Å². The summed E-state index contributed by atoms with van der Waals surface area (Å²) >= 11 is 0. The molecule has 5 nitrogen and oxygen atoms in total. The molecule has 0 fully saturated rings. The van der Waals surface area contributed by atoms with Gasteiger partial charge in [0.05, 0.1) is 12.2 Å². The highest BCUT2D eigenvalue weighted by Crippen LogP contribution is 2.22. The largest absolute Gasteiger partial charge is 0.370 e. The fourth-order valence-corrected chi connectivity index (χ4v) is 2.75. The van der Waals surface area contributed by atoms with Crippen LogP contribution in [0, 0.1) is 0 Å². The van der Waals surface area contributed by atoms with Crippen LogP contribution in [0.15, 0.2) is 29.4 Å². The first-order valence-corrected chi connectivity index (χ1v) is 8.28. The molecule has 0 bridgehead atoms. The minimum atomic E-state index is 0. The molecule has 0 atom stereocenters. The van der Waals surface area contributed by atoms with Gasteiger partial charge in [0.15, 0.2) is 5.96 Å². The first kappa shape index (κ1) is 20.5. The zero-order chi connectivity index (χ0) is 16.8. The summed E-state index contributed by atoms with van der Waals surface area (Å²) in [6.07, 6.45) is 4.84. The Bertz CT molecular complexity index is 668. The van der Waals surface area contributed by atoms with E-state index in [9.17, 15) is 0 Å². The van der Waals surface area contributed by atoms with E-state index in [1.165, 1.54) is 11.1 Å². The number of halogens is 1. The van der Waals surface area contributed by atoms with E-state index < -0.39 is 0 Å². The second-order valence-corrected chi connectivity index (χ2v) is 5.61. The highest BCUT2D eigenvalue weighted by molar-refractivity contribution is 14.0. The Balaban J connectivity index is 0.00000288. The van der Waals surface area contributed by atoms with Crippen molar-refractivity contribution in [3.05, 3.63) is 46.8 Å². The topological polar surface area (TPSA) is 68.2 Å². The van der Waals surface area contributed by atoms with Crippen LogP contribution in [0.25, 0.3) is 0 Å². The molecule has 2 rings (SSSR count). The van der Waals surface area contributed by atoms with Gasteiger partial charge in [0.2, 0.25) is 0 Å². The molecule has 0 saturated heterocycles. The van der Waals surface area contributed by atoms with E-state index in [1.54, 1.807) is 0 Å². The van der Waals surface area contributed by atoms with Gasteiger partial charge >= 0.3 is 0 Å². The SMILES string of the molecule is CCc1cccc(CC)c1NC(N)=NCc1cn(C)nc1CC.I. The number of para-hydroxylation sites is 1. The van der Waals surface area contributed by atoms with E-state index in [2.05, 4.69) is 54.4 Å². The van der Waals surface area contributed by atoms with Crippen LogP contribution in [0.4, 0.5) is 5.69 Å². The summed E-state index contributed by atoms with van der Waals surface area (Å²) in [4.78, 5) is 4.49. The Morgan fingerprint density at radius 3 is 2.29 bits per heavy atom. The highest BCUT2D eigenvalue weighted by atomic mass is 127. The van der Waals surface area contributed by atoms with Crippen LogP contribution in [0.2, 0.25) is 0 Å². The highest BCUT2D eigenvalue weighted by Gasteiger charge is 2.08. The Labute approximate surface area is 161 Å². The number of anilines is 1. The van der Waals surface area contributed by atoms with Crippen molar-refractivity contribution in [1.29, 1.82) is 0 Å². The Morgan fingerprint density at radius 1 is 1.12 bits per heavy atom. The predicted molar refractivity (Wildman–Crippen MR) is 112 cm³/mol. The van der Waals surface area contributed by atoms with E-state index >= 15 is 0 Å². The fourth-order valence-electron chi connectivity index (χ4n) is 2.75. The van der Waals surface area contributed by atoms with E-state index in [0.29, 0.717) is 12.5 Å². The van der Waals surface area contributed by atoms with Gasteiger partial charge < -0.3 is 11.1 Å². The van der Waals surface area contributed by atoms with Crippen molar-refractivity contribution in [2.75, 3.05) is 5.32 Å². The van der Waals surface area contributed by atoms with Crippen molar-refractivity contribution in [2.45, 2.75) is 46.6 Å². The normalized spacial score (nSPS) is 11.2. The third kappa shape index (κ3) is 4.96. The van der Waals surface area contributed by atoms with Crippen LogP contribution >= 0.6 is 24.0 Å². The molecule has 1 heterocycles. The number of guanidine groups is 1. The molecular weight excluding hydrogens is 413 g/mol. The lowest BCUT2D eigenvalue weighted by molar-refractivity contribution is 0.746. The van der Waals surface area contributed by atoms with Crippen molar-refractivity contribution in [2.24, 2.45) is 17.8 Å². The minimum absolute atomic E-state index is 0. The van der Waals surface area contributed by atoms with Crippen LogP contribution in [0.1, 0.15) is 43.2 Å². The maximum absolute atomic E-state index is 6.11. The van der Waals surface area contributed by atoms with Crippen LogP contribution in [0.3, 0.4) is 0 Å².